The molecule has 7 heteroatoms. The molecule has 0 aliphatic rings. The molecule has 0 fully saturated rings. The number of nitrogens with zero attached hydrogens (tertiary/aromatic N) is 1. The largest absolute Gasteiger partial charge is 0.455 e. The molecule has 0 aliphatic carbocycles. The SMILES string of the molecule is CCOC(=O)N/N=C(\CBr)C(=O)OC(C)(C)C. The summed E-state index contributed by atoms with van der Waals surface area (Å²) in [6.45, 7) is 7.14. The number of nitrogens with one attached hydrogen (secondary N) is 1. The Morgan fingerprint density at radius 2 is 1.94 bits per heavy atom. The van der Waals surface area contributed by atoms with Gasteiger partial charge in [0.2, 0.25) is 0 Å². The van der Waals surface area contributed by atoms with E-state index in [9.17, 15) is 9.59 Å². The number of hydrazone groups is 1. The number of carbonyl (C=O) groups excluding carboxylic acids is 2. The Kier molecular flexibility index (Phi) is 6.79. The van der Waals surface area contributed by atoms with Gasteiger partial charge in [-0.25, -0.2) is 15.0 Å². The predicted octanol–water partition coefficient (Wildman–Crippen LogP) is 1.83. The summed E-state index contributed by atoms with van der Waals surface area (Å²) in [7, 11) is 0. The Bertz CT molecular complexity index is 310. The summed E-state index contributed by atoms with van der Waals surface area (Å²) in [6.07, 6.45) is -0.713. The maximum absolute atomic E-state index is 11.6. The zero-order valence-corrected chi connectivity index (χ0v) is 12.0. The Morgan fingerprint density at radius 1 is 1.35 bits per heavy atom. The summed E-state index contributed by atoms with van der Waals surface area (Å²) in [5.41, 5.74) is 1.55. The molecule has 0 atom stereocenters. The van der Waals surface area contributed by atoms with Gasteiger partial charge in [0.1, 0.15) is 5.60 Å². The molecule has 98 valence electrons. The van der Waals surface area contributed by atoms with Crippen molar-refractivity contribution in [1.29, 1.82) is 0 Å². The number of ether oxygens (including phenoxy) is 2. The molecule has 0 rings (SSSR count). The van der Waals surface area contributed by atoms with Crippen molar-refractivity contribution in [3.05, 3.63) is 0 Å². The van der Waals surface area contributed by atoms with Gasteiger partial charge in [0.15, 0.2) is 5.71 Å². The summed E-state index contributed by atoms with van der Waals surface area (Å²) in [5, 5.41) is 3.79. The van der Waals surface area contributed by atoms with Crippen LogP contribution in [0, 0.1) is 0 Å². The van der Waals surface area contributed by atoms with Gasteiger partial charge in [-0.1, -0.05) is 15.9 Å². The Balaban J connectivity index is 4.45. The van der Waals surface area contributed by atoms with Gasteiger partial charge in [0, 0.05) is 0 Å². The molecule has 0 aliphatic heterocycles. The molecular weight excluding hydrogens is 292 g/mol. The van der Waals surface area contributed by atoms with E-state index in [-0.39, 0.29) is 17.6 Å². The van der Waals surface area contributed by atoms with E-state index in [0.29, 0.717) is 0 Å². The van der Waals surface area contributed by atoms with E-state index in [0.717, 1.165) is 0 Å². The third kappa shape index (κ3) is 7.73. The van der Waals surface area contributed by atoms with E-state index in [1.807, 2.05) is 0 Å². The fraction of sp³-hybridized carbons (Fsp3) is 0.700. The van der Waals surface area contributed by atoms with Crippen LogP contribution in [0.2, 0.25) is 0 Å². The molecule has 0 unspecified atom stereocenters. The van der Waals surface area contributed by atoms with Crippen LogP contribution in [0.15, 0.2) is 5.10 Å². The summed E-state index contributed by atoms with van der Waals surface area (Å²) < 4.78 is 9.68. The maximum Gasteiger partial charge on any atom is 0.427 e. The lowest BCUT2D eigenvalue weighted by molar-refractivity contribution is -0.146. The third-order valence-electron chi connectivity index (χ3n) is 1.32. The number of hydrogen-bond donors (Lipinski definition) is 1. The molecule has 0 aromatic carbocycles. The number of carbonyl (C=O) groups is 2. The van der Waals surface area contributed by atoms with Crippen molar-refractivity contribution < 1.29 is 19.1 Å². The zero-order chi connectivity index (χ0) is 13.5. The molecule has 0 aromatic rings. The summed E-state index contributed by atoms with van der Waals surface area (Å²) in [5.74, 6) is -0.592. The lowest BCUT2D eigenvalue weighted by Crippen LogP contribution is -2.32. The number of alkyl halides is 1. The first kappa shape index (κ1) is 15.9. The summed E-state index contributed by atoms with van der Waals surface area (Å²) in [6, 6.07) is 0. The van der Waals surface area contributed by atoms with Gasteiger partial charge in [-0.15, -0.1) is 0 Å². The van der Waals surface area contributed by atoms with Crippen molar-refractivity contribution in [2.24, 2.45) is 5.10 Å². The third-order valence-corrected chi connectivity index (χ3v) is 1.85. The lowest BCUT2D eigenvalue weighted by Gasteiger charge is -2.19. The first-order valence-corrected chi connectivity index (χ1v) is 6.21. The van der Waals surface area contributed by atoms with Crippen molar-refractivity contribution in [2.45, 2.75) is 33.3 Å². The predicted molar refractivity (Wildman–Crippen MR) is 67.2 cm³/mol. The highest BCUT2D eigenvalue weighted by Crippen LogP contribution is 2.08. The molecule has 0 saturated carbocycles. The van der Waals surface area contributed by atoms with E-state index in [4.69, 9.17) is 4.74 Å². The maximum atomic E-state index is 11.6. The average Bonchev–Trinajstić information content (AvgIpc) is 2.16. The van der Waals surface area contributed by atoms with Crippen molar-refractivity contribution in [1.82, 2.24) is 5.43 Å². The van der Waals surface area contributed by atoms with Crippen LogP contribution < -0.4 is 5.43 Å². The highest BCUT2D eigenvalue weighted by Gasteiger charge is 2.20. The Hall–Kier alpha value is -1.11. The molecule has 1 N–H and O–H groups in total. The van der Waals surface area contributed by atoms with Crippen LogP contribution in [-0.4, -0.2) is 35.3 Å². The minimum atomic E-state index is -0.713. The molecule has 0 spiro atoms. The van der Waals surface area contributed by atoms with Crippen LogP contribution >= 0.6 is 15.9 Å². The van der Waals surface area contributed by atoms with Gasteiger partial charge < -0.3 is 9.47 Å². The molecule has 0 saturated heterocycles. The number of rotatable bonds is 4. The van der Waals surface area contributed by atoms with Crippen molar-refractivity contribution in [3.8, 4) is 0 Å². The van der Waals surface area contributed by atoms with Crippen LogP contribution in [0.25, 0.3) is 0 Å². The Morgan fingerprint density at radius 3 is 2.35 bits per heavy atom. The first-order valence-electron chi connectivity index (χ1n) is 5.08. The smallest absolute Gasteiger partial charge is 0.427 e. The second-order valence-electron chi connectivity index (χ2n) is 4.03. The molecular formula is C10H17BrN2O4. The zero-order valence-electron chi connectivity index (χ0n) is 10.4. The van der Waals surface area contributed by atoms with Crippen molar-refractivity contribution in [3.63, 3.8) is 0 Å². The molecule has 6 nitrogen and oxygen atoms in total. The number of amides is 1. The van der Waals surface area contributed by atoms with Crippen LogP contribution in [0.4, 0.5) is 4.79 Å². The highest BCUT2D eigenvalue weighted by atomic mass is 79.9. The number of esters is 1. The van der Waals surface area contributed by atoms with Crippen LogP contribution in [0.3, 0.4) is 0 Å². The average molecular weight is 309 g/mol. The van der Waals surface area contributed by atoms with E-state index in [1.54, 1.807) is 27.7 Å². The summed E-state index contributed by atoms with van der Waals surface area (Å²) in [4.78, 5) is 22.5. The minimum absolute atomic E-state index is 0.0629. The molecule has 0 heterocycles. The van der Waals surface area contributed by atoms with E-state index in [2.05, 4.69) is 31.2 Å². The van der Waals surface area contributed by atoms with Gasteiger partial charge >= 0.3 is 12.1 Å². The second kappa shape index (κ2) is 7.26. The standard InChI is InChI=1S/C10H17BrN2O4/c1-5-16-9(15)13-12-7(6-11)8(14)17-10(2,3)4/h5-6H2,1-4H3,(H,13,15)/b12-7+. The van der Waals surface area contributed by atoms with E-state index < -0.39 is 17.7 Å². The minimum Gasteiger partial charge on any atom is -0.455 e. The molecule has 17 heavy (non-hydrogen) atoms. The van der Waals surface area contributed by atoms with E-state index >= 15 is 0 Å². The van der Waals surface area contributed by atoms with Gasteiger partial charge in [-0.05, 0) is 27.7 Å². The van der Waals surface area contributed by atoms with Gasteiger partial charge in [-0.2, -0.15) is 5.10 Å². The van der Waals surface area contributed by atoms with Gasteiger partial charge in [-0.3, -0.25) is 0 Å². The number of hydrogen-bond acceptors (Lipinski definition) is 5. The summed E-state index contributed by atoms with van der Waals surface area (Å²) >= 11 is 3.09. The first-order chi connectivity index (χ1) is 7.80. The van der Waals surface area contributed by atoms with Crippen LogP contribution in [0.5, 0.6) is 0 Å². The molecule has 0 radical (unpaired) electrons. The fourth-order valence-corrected chi connectivity index (χ4v) is 1.10. The van der Waals surface area contributed by atoms with Gasteiger partial charge in [0.25, 0.3) is 0 Å². The van der Waals surface area contributed by atoms with Crippen LogP contribution in [-0.2, 0) is 14.3 Å². The molecule has 0 aromatic heterocycles. The van der Waals surface area contributed by atoms with Crippen molar-refractivity contribution in [2.75, 3.05) is 11.9 Å². The second-order valence-corrected chi connectivity index (χ2v) is 4.59. The normalized spacial score (nSPS) is 11.9. The topological polar surface area (TPSA) is 77.0 Å². The Labute approximate surface area is 109 Å². The fourth-order valence-electron chi connectivity index (χ4n) is 0.744. The van der Waals surface area contributed by atoms with E-state index in [1.165, 1.54) is 0 Å². The number of halogens is 1. The van der Waals surface area contributed by atoms with Crippen molar-refractivity contribution >= 4 is 33.7 Å². The monoisotopic (exact) mass is 308 g/mol. The molecule has 0 bridgehead atoms. The van der Waals surface area contributed by atoms with Crippen LogP contribution in [0.1, 0.15) is 27.7 Å². The lowest BCUT2D eigenvalue weighted by atomic mass is 10.2. The van der Waals surface area contributed by atoms with Gasteiger partial charge in [0.05, 0.1) is 11.9 Å². The quantitative estimate of drug-likeness (QED) is 0.372. The molecule has 1 amide bonds. The highest BCUT2D eigenvalue weighted by molar-refractivity contribution is 9.09.